The number of aromatic carboxylic acids is 1. The van der Waals surface area contributed by atoms with Crippen LogP contribution >= 0.6 is 0 Å². The van der Waals surface area contributed by atoms with Crippen molar-refractivity contribution in [1.29, 1.82) is 0 Å². The molecule has 0 spiro atoms. The Labute approximate surface area is 160 Å². The molecule has 1 N–H and O–H groups in total. The molecule has 2 aromatic carbocycles. The summed E-state index contributed by atoms with van der Waals surface area (Å²) < 4.78 is 33.1. The molecule has 0 saturated carbocycles. The van der Waals surface area contributed by atoms with Crippen LogP contribution in [-0.2, 0) is 10.0 Å². The molecule has 0 heterocycles. The van der Waals surface area contributed by atoms with E-state index in [1.165, 1.54) is 23.5 Å². The fourth-order valence-corrected chi connectivity index (χ4v) is 4.55. The van der Waals surface area contributed by atoms with Gasteiger partial charge in [0.25, 0.3) is 10.0 Å². The van der Waals surface area contributed by atoms with E-state index in [1.54, 1.807) is 0 Å². The monoisotopic (exact) mass is 391 g/mol. The summed E-state index contributed by atoms with van der Waals surface area (Å²) in [5, 5.41) is 9.37. The zero-order valence-electron chi connectivity index (χ0n) is 16.2. The van der Waals surface area contributed by atoms with Gasteiger partial charge in [-0.05, 0) is 61.2 Å². The third-order valence-electron chi connectivity index (χ3n) is 4.01. The van der Waals surface area contributed by atoms with E-state index in [9.17, 15) is 18.3 Å². The number of nitrogens with zero attached hydrogens (tertiary/aromatic N) is 1. The van der Waals surface area contributed by atoms with E-state index in [2.05, 4.69) is 0 Å². The van der Waals surface area contributed by atoms with Crippen molar-refractivity contribution in [2.75, 3.05) is 18.0 Å². The Hall–Kier alpha value is -2.54. The number of ether oxygens (including phenoxy) is 1. The van der Waals surface area contributed by atoms with Crippen LogP contribution in [0.2, 0.25) is 0 Å². The van der Waals surface area contributed by atoms with Gasteiger partial charge in [0.15, 0.2) is 0 Å². The molecule has 0 aromatic heterocycles. The molecule has 0 aliphatic carbocycles. The molecule has 0 fully saturated rings. The molecule has 0 amide bonds. The maximum absolute atomic E-state index is 13.4. The van der Waals surface area contributed by atoms with Crippen LogP contribution < -0.4 is 9.04 Å². The molecule has 0 aliphatic rings. The number of hydrogen-bond acceptors (Lipinski definition) is 4. The van der Waals surface area contributed by atoms with Gasteiger partial charge in [-0.15, -0.1) is 0 Å². The first-order valence-corrected chi connectivity index (χ1v) is 10.0. The highest BCUT2D eigenvalue weighted by Crippen LogP contribution is 2.29. The van der Waals surface area contributed by atoms with Crippen molar-refractivity contribution >= 4 is 21.7 Å². The van der Waals surface area contributed by atoms with E-state index < -0.39 is 16.0 Å². The molecule has 0 aliphatic heterocycles. The Balaban J connectivity index is 2.64. The van der Waals surface area contributed by atoms with Crippen LogP contribution in [0.25, 0.3) is 0 Å². The van der Waals surface area contributed by atoms with Gasteiger partial charge in [-0.2, -0.15) is 0 Å². The molecule has 6 nitrogen and oxygen atoms in total. The zero-order chi connectivity index (χ0) is 20.4. The third-order valence-corrected chi connectivity index (χ3v) is 5.80. The number of aryl methyl sites for hydroxylation is 2. The van der Waals surface area contributed by atoms with Gasteiger partial charge in [-0.25, -0.2) is 13.2 Å². The number of benzene rings is 2. The van der Waals surface area contributed by atoms with Crippen molar-refractivity contribution in [1.82, 2.24) is 0 Å². The maximum Gasteiger partial charge on any atom is 0.339 e. The minimum Gasteiger partial charge on any atom is -0.496 e. The molecular formula is C20H25NO5S. The maximum atomic E-state index is 13.4. The Kier molecular flexibility index (Phi) is 6.15. The summed E-state index contributed by atoms with van der Waals surface area (Å²) in [6.45, 7) is 7.96. The van der Waals surface area contributed by atoms with Crippen molar-refractivity contribution in [3.05, 3.63) is 53.1 Å². The number of carboxylic acids is 1. The largest absolute Gasteiger partial charge is 0.496 e. The average Bonchev–Trinajstić information content (AvgIpc) is 2.57. The third kappa shape index (κ3) is 4.60. The van der Waals surface area contributed by atoms with Crippen LogP contribution in [-0.4, -0.2) is 33.1 Å². The summed E-state index contributed by atoms with van der Waals surface area (Å²) in [6, 6.07) is 9.48. The molecule has 146 valence electrons. The lowest BCUT2D eigenvalue weighted by Crippen LogP contribution is -2.34. The van der Waals surface area contributed by atoms with Gasteiger partial charge < -0.3 is 9.84 Å². The summed E-state index contributed by atoms with van der Waals surface area (Å²) in [5.41, 5.74) is 2.28. The molecule has 0 radical (unpaired) electrons. The molecular weight excluding hydrogens is 366 g/mol. The highest BCUT2D eigenvalue weighted by molar-refractivity contribution is 7.92. The number of carbonyl (C=O) groups is 1. The number of rotatable bonds is 7. The summed E-state index contributed by atoms with van der Waals surface area (Å²) >= 11 is 0. The lowest BCUT2D eigenvalue weighted by molar-refractivity contribution is 0.0693. The van der Waals surface area contributed by atoms with E-state index in [1.807, 2.05) is 45.9 Å². The SMILES string of the molecule is COc1ccc(S(=O)(=O)N(CC(C)C)c2cc(C)cc(C)c2)cc1C(=O)O. The Morgan fingerprint density at radius 2 is 1.70 bits per heavy atom. The van der Waals surface area contributed by atoms with Crippen molar-refractivity contribution in [2.24, 2.45) is 5.92 Å². The summed E-state index contributed by atoms with van der Waals surface area (Å²) in [6.07, 6.45) is 0. The van der Waals surface area contributed by atoms with Crippen molar-refractivity contribution in [3.8, 4) is 5.75 Å². The molecule has 0 saturated heterocycles. The number of anilines is 1. The van der Waals surface area contributed by atoms with Gasteiger partial charge in [0.2, 0.25) is 0 Å². The van der Waals surface area contributed by atoms with Gasteiger partial charge in [-0.1, -0.05) is 19.9 Å². The molecule has 0 bridgehead atoms. The second kappa shape index (κ2) is 8.00. The van der Waals surface area contributed by atoms with Crippen LogP contribution in [0.3, 0.4) is 0 Å². The van der Waals surface area contributed by atoms with Crippen LogP contribution in [0.5, 0.6) is 5.75 Å². The molecule has 7 heteroatoms. The minimum absolute atomic E-state index is 0.0813. The van der Waals surface area contributed by atoms with Gasteiger partial charge in [0.1, 0.15) is 11.3 Å². The highest BCUT2D eigenvalue weighted by atomic mass is 32.2. The molecule has 27 heavy (non-hydrogen) atoms. The first kappa shape index (κ1) is 20.8. The van der Waals surface area contributed by atoms with Crippen LogP contribution in [0, 0.1) is 19.8 Å². The van der Waals surface area contributed by atoms with E-state index in [-0.39, 0.29) is 28.7 Å². The molecule has 0 unspecified atom stereocenters. The number of carboxylic acid groups (broad SMARTS) is 1. The molecule has 2 aromatic rings. The Bertz CT molecular complexity index is 931. The van der Waals surface area contributed by atoms with Crippen molar-refractivity contribution in [3.63, 3.8) is 0 Å². The number of hydrogen-bond donors (Lipinski definition) is 1. The van der Waals surface area contributed by atoms with Crippen molar-refractivity contribution in [2.45, 2.75) is 32.6 Å². The second-order valence-corrected chi connectivity index (χ2v) is 8.81. The fourth-order valence-electron chi connectivity index (χ4n) is 2.91. The van der Waals surface area contributed by atoms with E-state index >= 15 is 0 Å². The first-order valence-electron chi connectivity index (χ1n) is 8.58. The van der Waals surface area contributed by atoms with Gasteiger partial charge in [0, 0.05) is 6.54 Å². The second-order valence-electron chi connectivity index (χ2n) is 6.94. The van der Waals surface area contributed by atoms with Gasteiger partial charge >= 0.3 is 5.97 Å². The Morgan fingerprint density at radius 1 is 1.11 bits per heavy atom. The predicted molar refractivity (Wildman–Crippen MR) is 105 cm³/mol. The van der Waals surface area contributed by atoms with E-state index in [0.29, 0.717) is 5.69 Å². The zero-order valence-corrected chi connectivity index (χ0v) is 17.0. The summed E-state index contributed by atoms with van der Waals surface area (Å²) in [4.78, 5) is 11.4. The fraction of sp³-hybridized carbons (Fsp3) is 0.350. The standard InChI is InChI=1S/C20H25NO5S/c1-13(2)12-21(16-9-14(3)8-15(4)10-16)27(24,25)17-6-7-19(26-5)18(11-17)20(22)23/h6-11,13H,12H2,1-5H3,(H,22,23). The normalized spacial score (nSPS) is 11.5. The highest BCUT2D eigenvalue weighted by Gasteiger charge is 2.28. The number of methoxy groups -OCH3 is 1. The first-order chi connectivity index (χ1) is 12.6. The van der Waals surface area contributed by atoms with E-state index in [4.69, 9.17) is 4.74 Å². The van der Waals surface area contributed by atoms with Crippen LogP contribution in [0.4, 0.5) is 5.69 Å². The van der Waals surface area contributed by atoms with E-state index in [0.717, 1.165) is 17.2 Å². The quantitative estimate of drug-likeness (QED) is 0.775. The lowest BCUT2D eigenvalue weighted by Gasteiger charge is -2.27. The van der Waals surface area contributed by atoms with Crippen LogP contribution in [0.15, 0.2) is 41.3 Å². The lowest BCUT2D eigenvalue weighted by atomic mass is 10.1. The minimum atomic E-state index is -3.95. The predicted octanol–water partition coefficient (Wildman–Crippen LogP) is 3.86. The summed E-state index contributed by atoms with van der Waals surface area (Å²) in [7, 11) is -2.61. The molecule has 2 rings (SSSR count). The van der Waals surface area contributed by atoms with Crippen LogP contribution in [0.1, 0.15) is 35.3 Å². The van der Waals surface area contributed by atoms with Gasteiger partial charge in [0.05, 0.1) is 17.7 Å². The topological polar surface area (TPSA) is 83.9 Å². The average molecular weight is 391 g/mol. The summed E-state index contributed by atoms with van der Waals surface area (Å²) in [5.74, 6) is -1.05. The smallest absolute Gasteiger partial charge is 0.339 e. The number of sulfonamides is 1. The van der Waals surface area contributed by atoms with Gasteiger partial charge in [-0.3, -0.25) is 4.31 Å². The molecule has 0 atom stereocenters. The Morgan fingerprint density at radius 3 is 2.19 bits per heavy atom. The van der Waals surface area contributed by atoms with Crippen molar-refractivity contribution < 1.29 is 23.1 Å².